The Morgan fingerprint density at radius 2 is 1.33 bits per heavy atom. The Hall–Kier alpha value is -0.920. The molecule has 0 spiro atoms. The monoisotopic (exact) mass is 166 g/mol. The number of rotatable bonds is 1. The highest BCUT2D eigenvalue weighted by Gasteiger charge is 2.13. The standard InChI is InChI=1S/C10H14O2/c1-3-7-11-9(5-1)10-6-2-4-8-12-10/h5-6H,1-4,7-8H2. The fraction of sp³-hybridized carbons (Fsp3) is 0.600. The van der Waals surface area contributed by atoms with E-state index in [-0.39, 0.29) is 0 Å². The van der Waals surface area contributed by atoms with Crippen LogP contribution in [0.5, 0.6) is 0 Å². The zero-order chi connectivity index (χ0) is 8.23. The van der Waals surface area contributed by atoms with Crippen molar-refractivity contribution >= 4 is 0 Å². The summed E-state index contributed by atoms with van der Waals surface area (Å²) < 4.78 is 11.0. The normalized spacial score (nSPS) is 23.3. The summed E-state index contributed by atoms with van der Waals surface area (Å²) in [6.45, 7) is 1.68. The smallest absolute Gasteiger partial charge is 0.156 e. The van der Waals surface area contributed by atoms with Crippen LogP contribution in [0.3, 0.4) is 0 Å². The van der Waals surface area contributed by atoms with E-state index in [1.807, 2.05) is 0 Å². The van der Waals surface area contributed by atoms with Gasteiger partial charge in [-0.15, -0.1) is 0 Å². The molecule has 2 heteroatoms. The number of hydrogen-bond donors (Lipinski definition) is 0. The summed E-state index contributed by atoms with van der Waals surface area (Å²) in [6.07, 6.45) is 8.76. The molecule has 0 saturated carbocycles. The third kappa shape index (κ3) is 1.63. The highest BCUT2D eigenvalue weighted by molar-refractivity contribution is 5.22. The van der Waals surface area contributed by atoms with Gasteiger partial charge in [-0.2, -0.15) is 0 Å². The molecule has 2 aliphatic heterocycles. The summed E-state index contributed by atoms with van der Waals surface area (Å²) >= 11 is 0. The lowest BCUT2D eigenvalue weighted by Gasteiger charge is -2.20. The summed E-state index contributed by atoms with van der Waals surface area (Å²) in [7, 11) is 0. The van der Waals surface area contributed by atoms with Gasteiger partial charge in [-0.3, -0.25) is 0 Å². The van der Waals surface area contributed by atoms with Crippen molar-refractivity contribution in [1.82, 2.24) is 0 Å². The quantitative estimate of drug-likeness (QED) is 0.595. The summed E-state index contributed by atoms with van der Waals surface area (Å²) in [5.74, 6) is 1.92. The van der Waals surface area contributed by atoms with E-state index in [1.54, 1.807) is 0 Å². The molecule has 0 atom stereocenters. The van der Waals surface area contributed by atoms with Crippen molar-refractivity contribution in [1.29, 1.82) is 0 Å². The average Bonchev–Trinajstić information content (AvgIpc) is 2.21. The molecule has 0 aromatic rings. The van der Waals surface area contributed by atoms with Crippen molar-refractivity contribution in [2.24, 2.45) is 0 Å². The SMILES string of the molecule is C1=C(C2=CCCCO2)OCCC1. The Labute approximate surface area is 72.9 Å². The van der Waals surface area contributed by atoms with Gasteiger partial charge < -0.3 is 9.47 Å². The maximum atomic E-state index is 5.49. The third-order valence-corrected chi connectivity index (χ3v) is 2.11. The summed E-state index contributed by atoms with van der Waals surface area (Å²) in [4.78, 5) is 0. The predicted molar refractivity (Wildman–Crippen MR) is 46.5 cm³/mol. The molecule has 0 aliphatic carbocycles. The molecule has 0 aromatic carbocycles. The molecule has 0 unspecified atom stereocenters. The minimum absolute atomic E-state index is 0.840. The Morgan fingerprint density at radius 1 is 0.833 bits per heavy atom. The first-order chi connectivity index (χ1) is 5.97. The predicted octanol–water partition coefficient (Wildman–Crippen LogP) is 2.38. The van der Waals surface area contributed by atoms with E-state index in [9.17, 15) is 0 Å². The second-order valence-corrected chi connectivity index (χ2v) is 3.12. The molecule has 0 saturated heterocycles. The van der Waals surface area contributed by atoms with E-state index in [0.29, 0.717) is 0 Å². The lowest BCUT2D eigenvalue weighted by Crippen LogP contribution is -2.09. The van der Waals surface area contributed by atoms with E-state index < -0.39 is 0 Å². The maximum absolute atomic E-state index is 5.49. The molecular weight excluding hydrogens is 152 g/mol. The van der Waals surface area contributed by atoms with Crippen LogP contribution in [0.2, 0.25) is 0 Å². The first-order valence-corrected chi connectivity index (χ1v) is 4.63. The van der Waals surface area contributed by atoms with Crippen LogP contribution in [-0.4, -0.2) is 13.2 Å². The molecule has 2 heterocycles. The fourth-order valence-corrected chi connectivity index (χ4v) is 1.46. The molecule has 12 heavy (non-hydrogen) atoms. The fourth-order valence-electron chi connectivity index (χ4n) is 1.46. The molecule has 0 radical (unpaired) electrons. The summed E-state index contributed by atoms with van der Waals surface area (Å²) in [6, 6.07) is 0. The highest BCUT2D eigenvalue weighted by atomic mass is 16.5. The topological polar surface area (TPSA) is 18.5 Å². The van der Waals surface area contributed by atoms with Gasteiger partial charge in [0, 0.05) is 0 Å². The molecule has 0 amide bonds. The van der Waals surface area contributed by atoms with Gasteiger partial charge in [-0.05, 0) is 37.8 Å². The number of ether oxygens (including phenoxy) is 2. The van der Waals surface area contributed by atoms with Crippen molar-refractivity contribution in [2.75, 3.05) is 13.2 Å². The van der Waals surface area contributed by atoms with Crippen molar-refractivity contribution in [3.05, 3.63) is 23.7 Å². The Balaban J connectivity index is 2.06. The summed E-state index contributed by atoms with van der Waals surface area (Å²) in [5.41, 5.74) is 0. The molecular formula is C10H14O2. The van der Waals surface area contributed by atoms with Crippen LogP contribution in [0.15, 0.2) is 23.7 Å². The van der Waals surface area contributed by atoms with Crippen LogP contribution in [0, 0.1) is 0 Å². The van der Waals surface area contributed by atoms with Gasteiger partial charge in [0.25, 0.3) is 0 Å². The van der Waals surface area contributed by atoms with Gasteiger partial charge in [0.15, 0.2) is 11.5 Å². The Morgan fingerprint density at radius 3 is 1.67 bits per heavy atom. The minimum atomic E-state index is 0.840. The third-order valence-electron chi connectivity index (χ3n) is 2.11. The number of hydrogen-bond acceptors (Lipinski definition) is 2. The minimum Gasteiger partial charge on any atom is -0.490 e. The number of allylic oxidation sites excluding steroid dienone is 2. The zero-order valence-corrected chi connectivity index (χ0v) is 7.21. The molecule has 66 valence electrons. The molecule has 0 bridgehead atoms. The largest absolute Gasteiger partial charge is 0.490 e. The zero-order valence-electron chi connectivity index (χ0n) is 7.21. The van der Waals surface area contributed by atoms with Gasteiger partial charge in [0.1, 0.15) is 0 Å². The first-order valence-electron chi connectivity index (χ1n) is 4.63. The van der Waals surface area contributed by atoms with Crippen LogP contribution in [0.4, 0.5) is 0 Å². The van der Waals surface area contributed by atoms with Gasteiger partial charge in [0.05, 0.1) is 13.2 Å². The van der Waals surface area contributed by atoms with Crippen molar-refractivity contribution in [3.63, 3.8) is 0 Å². The van der Waals surface area contributed by atoms with Crippen molar-refractivity contribution in [3.8, 4) is 0 Å². The second kappa shape index (κ2) is 3.65. The lowest BCUT2D eigenvalue weighted by atomic mass is 10.2. The molecule has 2 nitrogen and oxygen atoms in total. The molecule has 2 aliphatic rings. The highest BCUT2D eigenvalue weighted by Crippen LogP contribution is 2.22. The summed E-state index contributed by atoms with van der Waals surface area (Å²) in [5, 5.41) is 0. The molecule has 2 rings (SSSR count). The molecule has 0 aromatic heterocycles. The van der Waals surface area contributed by atoms with Crippen LogP contribution >= 0.6 is 0 Å². The van der Waals surface area contributed by atoms with E-state index >= 15 is 0 Å². The van der Waals surface area contributed by atoms with Crippen molar-refractivity contribution < 1.29 is 9.47 Å². The van der Waals surface area contributed by atoms with Crippen LogP contribution in [0.25, 0.3) is 0 Å². The van der Waals surface area contributed by atoms with Crippen molar-refractivity contribution in [2.45, 2.75) is 25.7 Å². The van der Waals surface area contributed by atoms with Gasteiger partial charge in [-0.25, -0.2) is 0 Å². The maximum Gasteiger partial charge on any atom is 0.156 e. The van der Waals surface area contributed by atoms with E-state index in [0.717, 1.165) is 50.4 Å². The van der Waals surface area contributed by atoms with Crippen LogP contribution in [-0.2, 0) is 9.47 Å². The van der Waals surface area contributed by atoms with E-state index in [1.165, 1.54) is 0 Å². The first kappa shape index (κ1) is 7.71. The molecule has 0 fully saturated rings. The van der Waals surface area contributed by atoms with Gasteiger partial charge in [0.2, 0.25) is 0 Å². The Kier molecular flexibility index (Phi) is 2.35. The van der Waals surface area contributed by atoms with Crippen LogP contribution < -0.4 is 0 Å². The van der Waals surface area contributed by atoms with E-state index in [4.69, 9.17) is 9.47 Å². The van der Waals surface area contributed by atoms with Crippen LogP contribution in [0.1, 0.15) is 25.7 Å². The average molecular weight is 166 g/mol. The molecule has 0 N–H and O–H groups in total. The van der Waals surface area contributed by atoms with E-state index in [2.05, 4.69) is 12.2 Å². The lowest BCUT2D eigenvalue weighted by molar-refractivity contribution is 0.131. The Bertz CT molecular complexity index is 192. The second-order valence-electron chi connectivity index (χ2n) is 3.12. The van der Waals surface area contributed by atoms with Gasteiger partial charge in [-0.1, -0.05) is 0 Å². The van der Waals surface area contributed by atoms with Gasteiger partial charge >= 0.3 is 0 Å².